The quantitative estimate of drug-likeness (QED) is 0.656. The van der Waals surface area contributed by atoms with Crippen LogP contribution in [0.2, 0.25) is 0 Å². The topological polar surface area (TPSA) is 75.3 Å². The van der Waals surface area contributed by atoms with Crippen LogP contribution >= 0.6 is 0 Å². The lowest BCUT2D eigenvalue weighted by molar-refractivity contribution is 0.0957. The Morgan fingerprint density at radius 2 is 1.37 bits per heavy atom. The molecular weight excluding hydrogens is 360 g/mol. The highest BCUT2D eigenvalue weighted by atomic mass is 32.2. The SMILES string of the molecule is O=C(NCCS(=O)(=O)c1ccccc1)c1ccccc1Nc1ccccc1. The third kappa shape index (κ3) is 4.95. The maximum Gasteiger partial charge on any atom is 0.253 e. The molecule has 0 radical (unpaired) electrons. The average Bonchev–Trinajstić information content (AvgIpc) is 2.70. The highest BCUT2D eigenvalue weighted by Gasteiger charge is 2.16. The normalized spacial score (nSPS) is 11.0. The van der Waals surface area contributed by atoms with E-state index >= 15 is 0 Å². The fourth-order valence-electron chi connectivity index (χ4n) is 2.61. The molecule has 0 atom stereocenters. The van der Waals surface area contributed by atoms with Crippen LogP contribution in [0, 0.1) is 0 Å². The highest BCUT2D eigenvalue weighted by Crippen LogP contribution is 2.20. The summed E-state index contributed by atoms with van der Waals surface area (Å²) in [6.07, 6.45) is 0. The van der Waals surface area contributed by atoms with Gasteiger partial charge in [0.1, 0.15) is 0 Å². The lowest BCUT2D eigenvalue weighted by atomic mass is 10.1. The summed E-state index contributed by atoms with van der Waals surface area (Å²) in [7, 11) is -3.43. The van der Waals surface area contributed by atoms with Gasteiger partial charge in [-0.2, -0.15) is 0 Å². The zero-order valence-electron chi connectivity index (χ0n) is 14.6. The van der Waals surface area contributed by atoms with Crippen molar-refractivity contribution in [1.82, 2.24) is 5.32 Å². The Bertz CT molecular complexity index is 1000. The average molecular weight is 380 g/mol. The number of carbonyl (C=O) groups is 1. The van der Waals surface area contributed by atoms with Crippen molar-refractivity contribution in [3.63, 3.8) is 0 Å². The predicted octanol–water partition coefficient (Wildman–Crippen LogP) is 3.63. The van der Waals surface area contributed by atoms with E-state index in [-0.39, 0.29) is 23.1 Å². The van der Waals surface area contributed by atoms with Crippen LogP contribution in [-0.2, 0) is 9.84 Å². The first-order chi connectivity index (χ1) is 13.1. The van der Waals surface area contributed by atoms with Gasteiger partial charge in [0.2, 0.25) is 0 Å². The number of hydrogen-bond donors (Lipinski definition) is 2. The highest BCUT2D eigenvalue weighted by molar-refractivity contribution is 7.91. The number of hydrogen-bond acceptors (Lipinski definition) is 4. The number of nitrogens with one attached hydrogen (secondary N) is 2. The van der Waals surface area contributed by atoms with Crippen molar-refractivity contribution in [1.29, 1.82) is 0 Å². The molecule has 2 N–H and O–H groups in total. The van der Waals surface area contributed by atoms with Crippen molar-refractivity contribution in [2.75, 3.05) is 17.6 Å². The first-order valence-corrected chi connectivity index (χ1v) is 10.2. The summed E-state index contributed by atoms with van der Waals surface area (Å²) in [5.74, 6) is -0.478. The molecule has 3 rings (SSSR count). The Kier molecular flexibility index (Phi) is 5.88. The van der Waals surface area contributed by atoms with E-state index in [4.69, 9.17) is 0 Å². The van der Waals surface area contributed by atoms with E-state index in [9.17, 15) is 13.2 Å². The molecule has 0 saturated heterocycles. The van der Waals surface area contributed by atoms with Gasteiger partial charge in [-0.15, -0.1) is 0 Å². The zero-order chi connectivity index (χ0) is 19.1. The van der Waals surface area contributed by atoms with Crippen LogP contribution < -0.4 is 10.6 Å². The van der Waals surface area contributed by atoms with Crippen LogP contribution in [0.3, 0.4) is 0 Å². The van der Waals surface area contributed by atoms with Crippen LogP contribution in [0.4, 0.5) is 11.4 Å². The number of sulfone groups is 1. The number of rotatable bonds is 7. The summed E-state index contributed by atoms with van der Waals surface area (Å²) < 4.78 is 24.6. The molecular formula is C21H20N2O3S. The molecule has 0 bridgehead atoms. The molecule has 3 aromatic rings. The molecule has 6 heteroatoms. The van der Waals surface area contributed by atoms with Gasteiger partial charge in [0, 0.05) is 12.2 Å². The number of carbonyl (C=O) groups excluding carboxylic acids is 1. The lowest BCUT2D eigenvalue weighted by Crippen LogP contribution is -2.29. The predicted molar refractivity (Wildman–Crippen MR) is 107 cm³/mol. The molecule has 0 aliphatic heterocycles. The van der Waals surface area contributed by atoms with E-state index in [0.29, 0.717) is 11.3 Å². The summed E-state index contributed by atoms with van der Waals surface area (Å²) >= 11 is 0. The maximum atomic E-state index is 12.5. The molecule has 0 heterocycles. The molecule has 0 aromatic heterocycles. The third-order valence-electron chi connectivity index (χ3n) is 3.98. The number of benzene rings is 3. The number of anilines is 2. The van der Waals surface area contributed by atoms with Crippen LogP contribution in [-0.4, -0.2) is 26.6 Å². The third-order valence-corrected chi connectivity index (χ3v) is 5.72. The first kappa shape index (κ1) is 18.7. The van der Waals surface area contributed by atoms with Crippen LogP contribution in [0.25, 0.3) is 0 Å². The minimum atomic E-state index is -3.43. The van der Waals surface area contributed by atoms with Crippen molar-refractivity contribution >= 4 is 27.1 Å². The molecule has 0 saturated carbocycles. The molecule has 0 fully saturated rings. The van der Waals surface area contributed by atoms with Crippen molar-refractivity contribution in [3.05, 3.63) is 90.5 Å². The Balaban J connectivity index is 1.65. The van der Waals surface area contributed by atoms with E-state index in [1.807, 2.05) is 42.5 Å². The summed E-state index contributed by atoms with van der Waals surface area (Å²) in [6.45, 7) is 0.0374. The Morgan fingerprint density at radius 3 is 2.07 bits per heavy atom. The van der Waals surface area contributed by atoms with Crippen molar-refractivity contribution in [3.8, 4) is 0 Å². The monoisotopic (exact) mass is 380 g/mol. The van der Waals surface area contributed by atoms with Gasteiger partial charge in [0.15, 0.2) is 9.84 Å². The van der Waals surface area contributed by atoms with Crippen molar-refractivity contribution in [2.45, 2.75) is 4.90 Å². The number of amides is 1. The van der Waals surface area contributed by atoms with Gasteiger partial charge in [0.05, 0.1) is 21.9 Å². The summed E-state index contributed by atoms with van der Waals surface area (Å²) in [6, 6.07) is 24.9. The molecule has 138 valence electrons. The first-order valence-electron chi connectivity index (χ1n) is 8.53. The molecule has 0 aliphatic carbocycles. The molecule has 27 heavy (non-hydrogen) atoms. The number of para-hydroxylation sites is 2. The zero-order valence-corrected chi connectivity index (χ0v) is 15.4. The second-order valence-corrected chi connectivity index (χ2v) is 8.03. The van der Waals surface area contributed by atoms with Gasteiger partial charge in [0.25, 0.3) is 5.91 Å². The summed E-state index contributed by atoms with van der Waals surface area (Å²) in [4.78, 5) is 12.8. The van der Waals surface area contributed by atoms with Gasteiger partial charge >= 0.3 is 0 Å². The van der Waals surface area contributed by atoms with E-state index in [1.54, 1.807) is 42.5 Å². The summed E-state index contributed by atoms with van der Waals surface area (Å²) in [5, 5.41) is 5.90. The smallest absolute Gasteiger partial charge is 0.253 e. The van der Waals surface area contributed by atoms with Gasteiger partial charge in [-0.3, -0.25) is 4.79 Å². The fourth-order valence-corrected chi connectivity index (χ4v) is 3.79. The molecule has 0 unspecified atom stereocenters. The lowest BCUT2D eigenvalue weighted by Gasteiger charge is -2.12. The van der Waals surface area contributed by atoms with Crippen LogP contribution in [0.15, 0.2) is 89.8 Å². The maximum absolute atomic E-state index is 12.5. The Hall–Kier alpha value is -3.12. The van der Waals surface area contributed by atoms with E-state index < -0.39 is 9.84 Å². The van der Waals surface area contributed by atoms with Gasteiger partial charge in [-0.05, 0) is 36.4 Å². The fraction of sp³-hybridized carbons (Fsp3) is 0.0952. The van der Waals surface area contributed by atoms with E-state index in [1.165, 1.54) is 0 Å². The summed E-state index contributed by atoms with van der Waals surface area (Å²) in [5.41, 5.74) is 1.98. The molecule has 0 spiro atoms. The van der Waals surface area contributed by atoms with Gasteiger partial charge < -0.3 is 10.6 Å². The van der Waals surface area contributed by atoms with Crippen LogP contribution in [0.5, 0.6) is 0 Å². The van der Waals surface area contributed by atoms with Gasteiger partial charge in [-0.1, -0.05) is 48.5 Å². The Morgan fingerprint density at radius 1 is 0.778 bits per heavy atom. The van der Waals surface area contributed by atoms with Crippen molar-refractivity contribution in [2.24, 2.45) is 0 Å². The molecule has 3 aromatic carbocycles. The largest absolute Gasteiger partial charge is 0.355 e. The van der Waals surface area contributed by atoms with Crippen molar-refractivity contribution < 1.29 is 13.2 Å². The second kappa shape index (κ2) is 8.51. The standard InChI is InChI=1S/C21H20N2O3S/c24-21(22-15-16-27(25,26)18-11-5-2-6-12-18)19-13-7-8-14-20(19)23-17-9-3-1-4-10-17/h1-14,23H,15-16H2,(H,22,24). The van der Waals surface area contributed by atoms with Crippen LogP contribution in [0.1, 0.15) is 10.4 Å². The van der Waals surface area contributed by atoms with E-state index in [0.717, 1.165) is 5.69 Å². The second-order valence-electron chi connectivity index (χ2n) is 5.92. The molecule has 0 aliphatic rings. The molecule has 1 amide bonds. The van der Waals surface area contributed by atoms with E-state index in [2.05, 4.69) is 10.6 Å². The minimum Gasteiger partial charge on any atom is -0.355 e. The Labute approximate surface area is 159 Å². The molecule has 5 nitrogen and oxygen atoms in total. The minimum absolute atomic E-state index is 0.0374. The van der Waals surface area contributed by atoms with Gasteiger partial charge in [-0.25, -0.2) is 8.42 Å².